The summed E-state index contributed by atoms with van der Waals surface area (Å²) in [7, 11) is 0. The van der Waals surface area contributed by atoms with E-state index >= 15 is 0 Å². The number of carbonyl (C=O) groups is 2. The van der Waals surface area contributed by atoms with Gasteiger partial charge in [0, 0.05) is 5.69 Å². The molecule has 1 aromatic carbocycles. The number of ether oxygens (including phenoxy) is 1. The van der Waals surface area contributed by atoms with Crippen LogP contribution in [-0.2, 0) is 10.9 Å². The molecule has 1 aromatic heterocycles. The lowest BCUT2D eigenvalue weighted by molar-refractivity contribution is -0.137. The summed E-state index contributed by atoms with van der Waals surface area (Å²) < 4.78 is 42.9. The van der Waals surface area contributed by atoms with Crippen molar-refractivity contribution in [2.45, 2.75) is 26.9 Å². The number of esters is 1. The molecule has 146 valence electrons. The van der Waals surface area contributed by atoms with Crippen molar-refractivity contribution in [3.8, 4) is 6.07 Å². The van der Waals surface area contributed by atoms with Crippen LogP contribution in [0, 0.1) is 25.2 Å². The molecule has 0 bridgehead atoms. The maximum Gasteiger partial charge on any atom is 0.416 e. The number of hydrogen-bond donors (Lipinski definition) is 1. The first-order valence-corrected chi connectivity index (χ1v) is 8.30. The van der Waals surface area contributed by atoms with Crippen LogP contribution in [0.5, 0.6) is 0 Å². The number of aromatic nitrogens is 1. The van der Waals surface area contributed by atoms with E-state index in [0.29, 0.717) is 11.3 Å². The third-order valence-electron chi connectivity index (χ3n) is 4.06. The molecule has 2 rings (SSSR count). The third kappa shape index (κ3) is 4.31. The predicted octanol–water partition coefficient (Wildman–Crippen LogP) is 4.62. The van der Waals surface area contributed by atoms with E-state index in [1.165, 1.54) is 18.2 Å². The van der Waals surface area contributed by atoms with Crippen LogP contribution in [0.3, 0.4) is 0 Å². The van der Waals surface area contributed by atoms with E-state index in [4.69, 9.17) is 4.74 Å². The smallest absolute Gasteiger partial charge is 0.416 e. The number of carbonyl (C=O) groups excluding carboxylic acids is 2. The van der Waals surface area contributed by atoms with E-state index in [1.807, 2.05) is 0 Å². The van der Waals surface area contributed by atoms with Gasteiger partial charge in [-0.05, 0) is 50.1 Å². The number of H-pyrrole nitrogens is 1. The minimum atomic E-state index is -4.47. The molecule has 0 unspecified atom stereocenters. The summed E-state index contributed by atoms with van der Waals surface area (Å²) in [5, 5.41) is 9.34. The number of nitriles is 1. The highest BCUT2D eigenvalue weighted by atomic mass is 19.4. The maximum absolute atomic E-state index is 12.7. The summed E-state index contributed by atoms with van der Waals surface area (Å²) in [6.07, 6.45) is -3.28. The van der Waals surface area contributed by atoms with Crippen LogP contribution >= 0.6 is 0 Å². The molecule has 0 amide bonds. The van der Waals surface area contributed by atoms with Gasteiger partial charge < -0.3 is 9.72 Å². The fraction of sp³-hybridized carbons (Fsp3) is 0.250. The van der Waals surface area contributed by atoms with Crippen LogP contribution in [0.15, 0.2) is 29.8 Å². The third-order valence-corrected chi connectivity index (χ3v) is 4.06. The quantitative estimate of drug-likeness (QED) is 0.350. The topological polar surface area (TPSA) is 83.0 Å². The van der Waals surface area contributed by atoms with Crippen molar-refractivity contribution in [2.75, 3.05) is 6.61 Å². The average molecular weight is 390 g/mol. The summed E-state index contributed by atoms with van der Waals surface area (Å²) in [6.45, 7) is 4.98. The lowest BCUT2D eigenvalue weighted by Crippen LogP contribution is -2.08. The fourth-order valence-corrected chi connectivity index (χ4v) is 2.70. The number of aryl methyl sites for hydroxylation is 1. The number of allylic oxidation sites excluding steroid dienone is 1. The molecule has 2 aromatic rings. The van der Waals surface area contributed by atoms with E-state index in [2.05, 4.69) is 4.98 Å². The van der Waals surface area contributed by atoms with E-state index in [0.717, 1.165) is 12.1 Å². The Bertz CT molecular complexity index is 978. The molecule has 5 nitrogen and oxygen atoms in total. The first kappa shape index (κ1) is 21.0. The predicted molar refractivity (Wildman–Crippen MR) is 95.6 cm³/mol. The van der Waals surface area contributed by atoms with Crippen molar-refractivity contribution in [3.05, 3.63) is 63.5 Å². The van der Waals surface area contributed by atoms with Gasteiger partial charge in [-0.15, -0.1) is 0 Å². The zero-order chi connectivity index (χ0) is 21.1. The number of rotatable bonds is 5. The number of nitrogens with one attached hydrogen (secondary N) is 1. The van der Waals surface area contributed by atoms with Crippen LogP contribution in [0.2, 0.25) is 0 Å². The van der Waals surface area contributed by atoms with Crippen molar-refractivity contribution in [2.24, 2.45) is 0 Å². The second kappa shape index (κ2) is 8.13. The van der Waals surface area contributed by atoms with Gasteiger partial charge in [0.2, 0.25) is 5.78 Å². The van der Waals surface area contributed by atoms with Crippen molar-refractivity contribution in [1.29, 1.82) is 5.26 Å². The highest BCUT2D eigenvalue weighted by Crippen LogP contribution is 2.29. The van der Waals surface area contributed by atoms with Gasteiger partial charge in [-0.1, -0.05) is 12.1 Å². The SMILES string of the molecule is CCOC(=O)c1c(C)[nH]c(C(=O)/C(C#N)=C/c2ccc(C(F)(F)F)cc2)c1C. The summed E-state index contributed by atoms with van der Waals surface area (Å²) in [4.78, 5) is 27.6. The Labute approximate surface area is 159 Å². The number of nitrogens with zero attached hydrogens (tertiary/aromatic N) is 1. The highest BCUT2D eigenvalue weighted by molar-refractivity contribution is 6.15. The van der Waals surface area contributed by atoms with Crippen molar-refractivity contribution in [1.82, 2.24) is 4.98 Å². The summed E-state index contributed by atoms with van der Waals surface area (Å²) in [5.74, 6) is -1.25. The van der Waals surface area contributed by atoms with Gasteiger partial charge in [-0.25, -0.2) is 4.79 Å². The second-order valence-electron chi connectivity index (χ2n) is 5.96. The summed E-state index contributed by atoms with van der Waals surface area (Å²) in [5.41, 5.74) is 0.200. The number of aromatic amines is 1. The fourth-order valence-electron chi connectivity index (χ4n) is 2.70. The zero-order valence-electron chi connectivity index (χ0n) is 15.4. The molecule has 0 saturated carbocycles. The van der Waals surface area contributed by atoms with Gasteiger partial charge in [0.25, 0.3) is 0 Å². The number of benzene rings is 1. The number of alkyl halides is 3. The van der Waals surface area contributed by atoms with E-state index in [9.17, 15) is 28.0 Å². The maximum atomic E-state index is 12.7. The van der Waals surface area contributed by atoms with Crippen molar-refractivity contribution >= 4 is 17.8 Å². The van der Waals surface area contributed by atoms with Gasteiger partial charge in [-0.3, -0.25) is 4.79 Å². The Morgan fingerprint density at radius 3 is 2.32 bits per heavy atom. The van der Waals surface area contributed by atoms with Crippen LogP contribution in [0.25, 0.3) is 6.08 Å². The molecule has 8 heteroatoms. The summed E-state index contributed by atoms with van der Waals surface area (Å²) >= 11 is 0. The zero-order valence-corrected chi connectivity index (χ0v) is 15.4. The Balaban J connectivity index is 2.39. The minimum absolute atomic E-state index is 0.0558. The van der Waals surface area contributed by atoms with E-state index < -0.39 is 23.5 Å². The molecular weight excluding hydrogens is 373 g/mol. The largest absolute Gasteiger partial charge is 0.462 e. The number of halogens is 3. The number of hydrogen-bond acceptors (Lipinski definition) is 4. The Hall–Kier alpha value is -3.34. The monoisotopic (exact) mass is 390 g/mol. The summed E-state index contributed by atoms with van der Waals surface area (Å²) in [6, 6.07) is 5.84. The molecule has 28 heavy (non-hydrogen) atoms. The van der Waals surface area contributed by atoms with E-state index in [1.54, 1.807) is 26.8 Å². The molecule has 1 heterocycles. The Morgan fingerprint density at radius 1 is 1.21 bits per heavy atom. The molecule has 0 fully saturated rings. The van der Waals surface area contributed by atoms with Crippen LogP contribution < -0.4 is 0 Å². The molecule has 0 aliphatic heterocycles. The first-order valence-electron chi connectivity index (χ1n) is 8.30. The van der Waals surface area contributed by atoms with Gasteiger partial charge >= 0.3 is 12.1 Å². The normalized spacial score (nSPS) is 11.8. The lowest BCUT2D eigenvalue weighted by atomic mass is 10.0. The van der Waals surface area contributed by atoms with Crippen LogP contribution in [0.1, 0.15) is 50.2 Å². The van der Waals surface area contributed by atoms with E-state index in [-0.39, 0.29) is 29.0 Å². The Kier molecular flexibility index (Phi) is 6.09. The van der Waals surface area contributed by atoms with Gasteiger partial charge in [0.1, 0.15) is 11.6 Å². The standard InChI is InChI=1S/C20H17F3N2O3/c1-4-28-19(27)16-11(2)17(25-12(16)3)18(26)14(10-24)9-13-5-7-15(8-6-13)20(21,22)23/h5-9,25H,4H2,1-3H3/b14-9+. The lowest BCUT2D eigenvalue weighted by Gasteiger charge is -2.06. The molecule has 0 radical (unpaired) electrons. The molecular formula is C20H17F3N2O3. The van der Waals surface area contributed by atoms with Gasteiger partial charge in [0.05, 0.1) is 23.4 Å². The molecule has 0 spiro atoms. The number of ketones is 1. The Morgan fingerprint density at radius 2 is 1.82 bits per heavy atom. The van der Waals surface area contributed by atoms with Crippen molar-refractivity contribution in [3.63, 3.8) is 0 Å². The highest BCUT2D eigenvalue weighted by Gasteiger charge is 2.30. The number of Topliss-reactive ketones (excluding diaryl/α,β-unsaturated/α-hetero) is 1. The first-order chi connectivity index (χ1) is 13.1. The molecule has 0 saturated heterocycles. The van der Waals surface area contributed by atoms with Gasteiger partial charge in [-0.2, -0.15) is 18.4 Å². The minimum Gasteiger partial charge on any atom is -0.462 e. The van der Waals surface area contributed by atoms with Crippen LogP contribution in [0.4, 0.5) is 13.2 Å². The average Bonchev–Trinajstić information content (AvgIpc) is 2.93. The second-order valence-corrected chi connectivity index (χ2v) is 5.96. The van der Waals surface area contributed by atoms with Crippen molar-refractivity contribution < 1.29 is 27.5 Å². The molecule has 0 aliphatic carbocycles. The molecule has 0 aliphatic rings. The molecule has 1 N–H and O–H groups in total. The molecule has 0 atom stereocenters. The van der Waals surface area contributed by atoms with Gasteiger partial charge in [0.15, 0.2) is 0 Å². The van der Waals surface area contributed by atoms with Crippen LogP contribution in [-0.4, -0.2) is 23.3 Å².